The first-order chi connectivity index (χ1) is 7.54. The van der Waals surface area contributed by atoms with Crippen LogP contribution in [-0.4, -0.2) is 19.7 Å². The summed E-state index contributed by atoms with van der Waals surface area (Å²) >= 11 is 0. The Morgan fingerprint density at radius 1 is 1.38 bits per heavy atom. The number of alkyl halides is 2. The van der Waals surface area contributed by atoms with Crippen LogP contribution in [0.15, 0.2) is 24.3 Å². The molecule has 16 heavy (non-hydrogen) atoms. The number of benzene rings is 1. The van der Waals surface area contributed by atoms with Crippen molar-refractivity contribution in [3.05, 3.63) is 29.8 Å². The molecule has 0 radical (unpaired) electrons. The molecular formula is C11H12F2O3. The van der Waals surface area contributed by atoms with Gasteiger partial charge in [-0.25, -0.2) is 4.79 Å². The molecule has 1 aromatic carbocycles. The number of carbonyl (C=O) groups excluding carboxylic acids is 1. The van der Waals surface area contributed by atoms with Gasteiger partial charge in [-0.2, -0.15) is 8.78 Å². The predicted molar refractivity (Wildman–Crippen MR) is 53.5 cm³/mol. The topological polar surface area (TPSA) is 35.5 Å². The molecule has 0 saturated heterocycles. The standard InChI is InChI=1S/C11H12F2O3/c1-3-16-9-7-5-4-6-8(9)11(12,13)10(14)15-2/h4-7H,3H2,1-2H3. The predicted octanol–water partition coefficient (Wildman–Crippen LogP) is 2.35. The second-order valence-electron chi connectivity index (χ2n) is 3.00. The molecule has 0 aliphatic carbocycles. The molecule has 0 N–H and O–H groups in total. The SMILES string of the molecule is CCOc1ccccc1C(F)(F)C(=O)OC. The van der Waals surface area contributed by atoms with Crippen molar-refractivity contribution >= 4 is 5.97 Å². The van der Waals surface area contributed by atoms with E-state index in [9.17, 15) is 13.6 Å². The first-order valence-corrected chi connectivity index (χ1v) is 4.72. The summed E-state index contributed by atoms with van der Waals surface area (Å²) in [6.07, 6.45) is 0. The van der Waals surface area contributed by atoms with Gasteiger partial charge in [0, 0.05) is 0 Å². The van der Waals surface area contributed by atoms with E-state index in [1.807, 2.05) is 0 Å². The molecule has 0 saturated carbocycles. The average Bonchev–Trinajstić information content (AvgIpc) is 2.29. The van der Waals surface area contributed by atoms with Gasteiger partial charge in [-0.05, 0) is 19.1 Å². The molecule has 0 spiro atoms. The Hall–Kier alpha value is -1.65. The van der Waals surface area contributed by atoms with Crippen molar-refractivity contribution in [2.75, 3.05) is 13.7 Å². The number of hydrogen-bond acceptors (Lipinski definition) is 3. The van der Waals surface area contributed by atoms with Gasteiger partial charge in [0.1, 0.15) is 5.75 Å². The molecule has 0 unspecified atom stereocenters. The Kier molecular flexibility index (Phi) is 3.82. The molecule has 1 aromatic rings. The van der Waals surface area contributed by atoms with Crippen LogP contribution in [0.3, 0.4) is 0 Å². The molecule has 0 fully saturated rings. The van der Waals surface area contributed by atoms with E-state index in [2.05, 4.69) is 4.74 Å². The first-order valence-electron chi connectivity index (χ1n) is 4.72. The van der Waals surface area contributed by atoms with Gasteiger partial charge in [-0.3, -0.25) is 0 Å². The van der Waals surface area contributed by atoms with Crippen molar-refractivity contribution in [2.45, 2.75) is 12.8 Å². The fourth-order valence-corrected chi connectivity index (χ4v) is 1.25. The van der Waals surface area contributed by atoms with Crippen molar-refractivity contribution in [2.24, 2.45) is 0 Å². The minimum absolute atomic E-state index is 0.0135. The highest BCUT2D eigenvalue weighted by Gasteiger charge is 2.44. The molecule has 0 atom stereocenters. The Bertz CT molecular complexity index is 377. The summed E-state index contributed by atoms with van der Waals surface area (Å²) in [5.41, 5.74) is -0.483. The maximum absolute atomic E-state index is 13.6. The zero-order chi connectivity index (χ0) is 12.2. The number of hydrogen-bond donors (Lipinski definition) is 0. The number of esters is 1. The number of para-hydroxylation sites is 1. The molecule has 88 valence electrons. The fraction of sp³-hybridized carbons (Fsp3) is 0.364. The third kappa shape index (κ3) is 2.29. The summed E-state index contributed by atoms with van der Waals surface area (Å²) in [6.45, 7) is 1.92. The summed E-state index contributed by atoms with van der Waals surface area (Å²) in [4.78, 5) is 11.0. The highest BCUT2D eigenvalue weighted by Crippen LogP contribution is 2.35. The lowest BCUT2D eigenvalue weighted by molar-refractivity contribution is -0.170. The van der Waals surface area contributed by atoms with E-state index < -0.39 is 17.5 Å². The van der Waals surface area contributed by atoms with Crippen LogP contribution < -0.4 is 4.74 Å². The Morgan fingerprint density at radius 3 is 2.56 bits per heavy atom. The Balaban J connectivity index is 3.15. The zero-order valence-electron chi connectivity index (χ0n) is 9.00. The van der Waals surface area contributed by atoms with E-state index in [0.717, 1.165) is 13.2 Å². The molecule has 5 heteroatoms. The van der Waals surface area contributed by atoms with Crippen LogP contribution in [-0.2, 0) is 15.5 Å². The summed E-state index contributed by atoms with van der Waals surface area (Å²) in [7, 11) is 0.916. The number of halogens is 2. The molecular weight excluding hydrogens is 218 g/mol. The molecule has 1 rings (SSSR count). The van der Waals surface area contributed by atoms with Crippen LogP contribution in [0.4, 0.5) is 8.78 Å². The van der Waals surface area contributed by atoms with Gasteiger partial charge in [-0.15, -0.1) is 0 Å². The highest BCUT2D eigenvalue weighted by molar-refractivity contribution is 5.80. The van der Waals surface area contributed by atoms with Crippen LogP contribution in [0.2, 0.25) is 0 Å². The fourth-order valence-electron chi connectivity index (χ4n) is 1.25. The summed E-state index contributed by atoms with van der Waals surface area (Å²) in [5, 5.41) is 0. The largest absolute Gasteiger partial charge is 0.493 e. The number of ether oxygens (including phenoxy) is 2. The van der Waals surface area contributed by atoms with E-state index >= 15 is 0 Å². The van der Waals surface area contributed by atoms with Crippen molar-refractivity contribution in [3.8, 4) is 5.75 Å². The maximum atomic E-state index is 13.6. The zero-order valence-corrected chi connectivity index (χ0v) is 9.00. The second kappa shape index (κ2) is 4.92. The second-order valence-corrected chi connectivity index (χ2v) is 3.00. The smallest absolute Gasteiger partial charge is 0.381 e. The molecule has 0 aliphatic rings. The van der Waals surface area contributed by atoms with Gasteiger partial charge in [0.15, 0.2) is 0 Å². The molecule has 0 aliphatic heterocycles. The molecule has 3 nitrogen and oxygen atoms in total. The number of carbonyl (C=O) groups is 1. The van der Waals surface area contributed by atoms with Crippen LogP contribution in [0.25, 0.3) is 0 Å². The average molecular weight is 230 g/mol. The molecule has 0 aromatic heterocycles. The van der Waals surface area contributed by atoms with Crippen molar-refractivity contribution in [3.63, 3.8) is 0 Å². The summed E-state index contributed by atoms with van der Waals surface area (Å²) < 4.78 is 36.2. The molecule has 0 heterocycles. The quantitative estimate of drug-likeness (QED) is 0.745. The van der Waals surface area contributed by atoms with E-state index in [1.165, 1.54) is 12.1 Å². The van der Waals surface area contributed by atoms with Gasteiger partial charge in [-0.1, -0.05) is 12.1 Å². The van der Waals surface area contributed by atoms with Gasteiger partial charge >= 0.3 is 11.9 Å². The Morgan fingerprint density at radius 2 is 2.00 bits per heavy atom. The van der Waals surface area contributed by atoms with Gasteiger partial charge in [0.25, 0.3) is 0 Å². The monoisotopic (exact) mass is 230 g/mol. The van der Waals surface area contributed by atoms with Gasteiger partial charge < -0.3 is 9.47 Å². The van der Waals surface area contributed by atoms with Crippen molar-refractivity contribution in [1.82, 2.24) is 0 Å². The summed E-state index contributed by atoms with van der Waals surface area (Å²) in [5.74, 6) is -5.30. The van der Waals surface area contributed by atoms with Crippen LogP contribution in [0.1, 0.15) is 12.5 Å². The third-order valence-corrected chi connectivity index (χ3v) is 1.97. The van der Waals surface area contributed by atoms with Crippen LogP contribution >= 0.6 is 0 Å². The van der Waals surface area contributed by atoms with E-state index in [4.69, 9.17) is 4.74 Å². The van der Waals surface area contributed by atoms with Crippen molar-refractivity contribution < 1.29 is 23.0 Å². The normalized spacial score (nSPS) is 11.0. The minimum atomic E-state index is -3.69. The van der Waals surface area contributed by atoms with Gasteiger partial charge in [0.2, 0.25) is 0 Å². The maximum Gasteiger partial charge on any atom is 0.381 e. The van der Waals surface area contributed by atoms with E-state index in [-0.39, 0.29) is 12.4 Å². The van der Waals surface area contributed by atoms with Crippen molar-refractivity contribution in [1.29, 1.82) is 0 Å². The molecule has 0 amide bonds. The summed E-state index contributed by atoms with van der Waals surface area (Å²) in [6, 6.07) is 5.49. The van der Waals surface area contributed by atoms with Crippen LogP contribution in [0, 0.1) is 0 Å². The van der Waals surface area contributed by atoms with Crippen LogP contribution in [0.5, 0.6) is 5.75 Å². The highest BCUT2D eigenvalue weighted by atomic mass is 19.3. The minimum Gasteiger partial charge on any atom is -0.493 e. The first kappa shape index (κ1) is 12.4. The lowest BCUT2D eigenvalue weighted by Gasteiger charge is -2.17. The lowest BCUT2D eigenvalue weighted by atomic mass is 10.1. The lowest BCUT2D eigenvalue weighted by Crippen LogP contribution is -2.27. The Labute approximate surface area is 92.0 Å². The van der Waals surface area contributed by atoms with Gasteiger partial charge in [0.05, 0.1) is 19.3 Å². The van der Waals surface area contributed by atoms with E-state index in [1.54, 1.807) is 13.0 Å². The molecule has 0 bridgehead atoms. The number of methoxy groups -OCH3 is 1. The third-order valence-electron chi connectivity index (χ3n) is 1.97. The van der Waals surface area contributed by atoms with E-state index in [0.29, 0.717) is 0 Å². The number of rotatable bonds is 4.